The van der Waals surface area contributed by atoms with Gasteiger partial charge in [0.2, 0.25) is 0 Å². The summed E-state index contributed by atoms with van der Waals surface area (Å²) in [5, 5.41) is 5.58. The van der Waals surface area contributed by atoms with Gasteiger partial charge in [0.1, 0.15) is 0 Å². The molecular formula is C17H15BrN4O. The Morgan fingerprint density at radius 2 is 1.43 bits per heavy atom. The number of halogens is 1. The van der Waals surface area contributed by atoms with E-state index in [0.717, 1.165) is 32.6 Å². The summed E-state index contributed by atoms with van der Waals surface area (Å²) >= 11 is 3.36. The summed E-state index contributed by atoms with van der Waals surface area (Å²) < 4.78 is 0.960. The number of rotatable bonds is 2. The van der Waals surface area contributed by atoms with Crippen LogP contribution in [0.15, 0.2) is 46.9 Å². The maximum atomic E-state index is 12.1. The number of amides is 2. The Bertz CT molecular complexity index is 878. The Morgan fingerprint density at radius 1 is 0.870 bits per heavy atom. The van der Waals surface area contributed by atoms with Crippen LogP contribution < -0.4 is 10.6 Å². The van der Waals surface area contributed by atoms with Gasteiger partial charge < -0.3 is 10.6 Å². The predicted molar refractivity (Wildman–Crippen MR) is 95.8 cm³/mol. The molecule has 2 N–H and O–H groups in total. The molecule has 0 fully saturated rings. The Morgan fingerprint density at radius 3 is 2.13 bits per heavy atom. The zero-order valence-corrected chi connectivity index (χ0v) is 14.3. The topological polar surface area (TPSA) is 66.9 Å². The first kappa shape index (κ1) is 15.4. The molecule has 0 atom stereocenters. The second-order valence-electron chi connectivity index (χ2n) is 5.18. The maximum Gasteiger partial charge on any atom is 0.323 e. The van der Waals surface area contributed by atoms with Gasteiger partial charge in [0.15, 0.2) is 0 Å². The number of hydrogen-bond donors (Lipinski definition) is 2. The number of aromatic nitrogens is 2. The number of nitrogens with zero attached hydrogens (tertiary/aromatic N) is 2. The van der Waals surface area contributed by atoms with Crippen molar-refractivity contribution in [2.75, 3.05) is 10.6 Å². The van der Waals surface area contributed by atoms with Crippen molar-refractivity contribution in [3.05, 3.63) is 58.3 Å². The molecule has 0 unspecified atom stereocenters. The normalized spacial score (nSPS) is 10.6. The van der Waals surface area contributed by atoms with Gasteiger partial charge in [-0.1, -0.05) is 15.9 Å². The smallest absolute Gasteiger partial charge is 0.308 e. The second-order valence-corrected chi connectivity index (χ2v) is 6.10. The van der Waals surface area contributed by atoms with Crippen molar-refractivity contribution < 1.29 is 4.79 Å². The van der Waals surface area contributed by atoms with Gasteiger partial charge in [-0.05, 0) is 56.3 Å². The van der Waals surface area contributed by atoms with Gasteiger partial charge in [0.05, 0.1) is 22.4 Å². The van der Waals surface area contributed by atoms with Crippen LogP contribution >= 0.6 is 15.9 Å². The molecule has 23 heavy (non-hydrogen) atoms. The summed E-state index contributed by atoms with van der Waals surface area (Å²) in [6.07, 6.45) is 0. The van der Waals surface area contributed by atoms with Crippen molar-refractivity contribution in [2.24, 2.45) is 0 Å². The van der Waals surface area contributed by atoms with E-state index in [1.807, 2.05) is 56.3 Å². The number of benzene rings is 2. The lowest BCUT2D eigenvalue weighted by Gasteiger charge is -2.09. The molecule has 6 heteroatoms. The lowest BCUT2D eigenvalue weighted by molar-refractivity contribution is 0.262. The van der Waals surface area contributed by atoms with Crippen LogP contribution in [0.5, 0.6) is 0 Å². The predicted octanol–water partition coefficient (Wildman–Crippen LogP) is 4.65. The van der Waals surface area contributed by atoms with Crippen LogP contribution in [0.3, 0.4) is 0 Å². The monoisotopic (exact) mass is 370 g/mol. The molecule has 0 saturated heterocycles. The fraction of sp³-hybridized carbons (Fsp3) is 0.118. The molecule has 3 aromatic rings. The minimum absolute atomic E-state index is 0.302. The van der Waals surface area contributed by atoms with Crippen molar-refractivity contribution >= 4 is 44.4 Å². The van der Waals surface area contributed by atoms with Crippen LogP contribution in [0.25, 0.3) is 11.0 Å². The molecule has 3 rings (SSSR count). The fourth-order valence-electron chi connectivity index (χ4n) is 2.14. The van der Waals surface area contributed by atoms with Crippen molar-refractivity contribution in [1.29, 1.82) is 0 Å². The van der Waals surface area contributed by atoms with Crippen LogP contribution in [0, 0.1) is 13.8 Å². The van der Waals surface area contributed by atoms with Crippen LogP contribution in [0.1, 0.15) is 11.4 Å². The minimum atomic E-state index is -0.302. The van der Waals surface area contributed by atoms with Crippen molar-refractivity contribution in [3.8, 4) is 0 Å². The summed E-state index contributed by atoms with van der Waals surface area (Å²) in [6, 6.07) is 12.6. The van der Waals surface area contributed by atoms with Gasteiger partial charge in [0.25, 0.3) is 0 Å². The van der Waals surface area contributed by atoms with E-state index in [1.54, 1.807) is 0 Å². The zero-order chi connectivity index (χ0) is 16.4. The molecule has 0 bridgehead atoms. The summed E-state index contributed by atoms with van der Waals surface area (Å²) in [4.78, 5) is 21.0. The molecule has 2 amide bonds. The number of hydrogen-bond acceptors (Lipinski definition) is 3. The molecule has 1 aromatic heterocycles. The first-order valence-corrected chi connectivity index (χ1v) is 7.89. The highest BCUT2D eigenvalue weighted by Gasteiger charge is 2.06. The molecule has 0 aliphatic rings. The van der Waals surface area contributed by atoms with Crippen molar-refractivity contribution in [3.63, 3.8) is 0 Å². The molecule has 0 spiro atoms. The number of nitrogens with one attached hydrogen (secondary N) is 2. The van der Waals surface area contributed by atoms with Gasteiger partial charge in [-0.2, -0.15) is 0 Å². The number of fused-ring (bicyclic) bond motifs is 1. The van der Waals surface area contributed by atoms with Gasteiger partial charge in [-0.25, -0.2) is 14.8 Å². The standard InChI is InChI=1S/C17H15BrN4O/c1-10-11(2)20-16-9-14(7-8-15(16)19-10)22-17(23)21-13-5-3-12(18)4-6-13/h3-9H,1-2H3,(H2,21,22,23). The molecule has 116 valence electrons. The number of carbonyl (C=O) groups is 1. The minimum Gasteiger partial charge on any atom is -0.308 e. The molecule has 5 nitrogen and oxygen atoms in total. The van der Waals surface area contributed by atoms with E-state index in [9.17, 15) is 4.79 Å². The molecule has 0 radical (unpaired) electrons. The van der Waals surface area contributed by atoms with E-state index in [-0.39, 0.29) is 6.03 Å². The number of carbonyl (C=O) groups excluding carboxylic acids is 1. The fourth-order valence-corrected chi connectivity index (χ4v) is 2.40. The average Bonchev–Trinajstić information content (AvgIpc) is 2.51. The van der Waals surface area contributed by atoms with Crippen LogP contribution in [-0.4, -0.2) is 16.0 Å². The lowest BCUT2D eigenvalue weighted by atomic mass is 10.2. The Balaban J connectivity index is 1.76. The van der Waals surface area contributed by atoms with E-state index < -0.39 is 0 Å². The highest BCUT2D eigenvalue weighted by molar-refractivity contribution is 9.10. The third kappa shape index (κ3) is 3.65. The summed E-state index contributed by atoms with van der Waals surface area (Å²) in [6.45, 7) is 3.85. The summed E-state index contributed by atoms with van der Waals surface area (Å²) in [5.41, 5.74) is 4.75. The van der Waals surface area contributed by atoms with E-state index in [0.29, 0.717) is 5.69 Å². The van der Waals surface area contributed by atoms with E-state index >= 15 is 0 Å². The average molecular weight is 371 g/mol. The highest BCUT2D eigenvalue weighted by atomic mass is 79.9. The molecule has 1 heterocycles. The van der Waals surface area contributed by atoms with Gasteiger partial charge in [-0.15, -0.1) is 0 Å². The highest BCUT2D eigenvalue weighted by Crippen LogP contribution is 2.18. The van der Waals surface area contributed by atoms with Gasteiger partial charge >= 0.3 is 6.03 Å². The van der Waals surface area contributed by atoms with E-state index in [1.165, 1.54) is 0 Å². The SMILES string of the molecule is Cc1nc2ccc(NC(=O)Nc3ccc(Br)cc3)cc2nc1C. The second kappa shape index (κ2) is 6.34. The number of urea groups is 1. The molecule has 0 aliphatic heterocycles. The molecule has 2 aromatic carbocycles. The Hall–Kier alpha value is -2.47. The first-order valence-electron chi connectivity index (χ1n) is 7.10. The van der Waals surface area contributed by atoms with Crippen LogP contribution in [-0.2, 0) is 0 Å². The third-order valence-corrected chi connectivity index (χ3v) is 3.96. The van der Waals surface area contributed by atoms with Crippen LogP contribution in [0.2, 0.25) is 0 Å². The van der Waals surface area contributed by atoms with Crippen molar-refractivity contribution in [2.45, 2.75) is 13.8 Å². The first-order chi connectivity index (χ1) is 11.0. The molecule has 0 saturated carbocycles. The Kier molecular flexibility index (Phi) is 4.25. The largest absolute Gasteiger partial charge is 0.323 e. The maximum absolute atomic E-state index is 12.1. The van der Waals surface area contributed by atoms with Gasteiger partial charge in [-0.3, -0.25) is 0 Å². The lowest BCUT2D eigenvalue weighted by Crippen LogP contribution is -2.19. The molecule has 0 aliphatic carbocycles. The van der Waals surface area contributed by atoms with E-state index in [4.69, 9.17) is 0 Å². The van der Waals surface area contributed by atoms with Crippen LogP contribution in [0.4, 0.5) is 16.2 Å². The number of aryl methyl sites for hydroxylation is 2. The summed E-state index contributed by atoms with van der Waals surface area (Å²) in [5.74, 6) is 0. The van der Waals surface area contributed by atoms with Crippen molar-refractivity contribution in [1.82, 2.24) is 9.97 Å². The van der Waals surface area contributed by atoms with Gasteiger partial charge in [0, 0.05) is 15.8 Å². The number of anilines is 2. The summed E-state index contributed by atoms with van der Waals surface area (Å²) in [7, 11) is 0. The quantitative estimate of drug-likeness (QED) is 0.689. The third-order valence-electron chi connectivity index (χ3n) is 3.44. The van der Waals surface area contributed by atoms with E-state index in [2.05, 4.69) is 36.5 Å². The zero-order valence-electron chi connectivity index (χ0n) is 12.7. The Labute approximate surface area is 142 Å². The molecular weight excluding hydrogens is 356 g/mol.